The molecule has 10 heteroatoms. The average Bonchev–Trinajstić information content (AvgIpc) is 3.40. The fourth-order valence-electron chi connectivity index (χ4n) is 2.85. The first kappa shape index (κ1) is 20.8. The van der Waals surface area contributed by atoms with Gasteiger partial charge in [0.1, 0.15) is 5.82 Å². The third-order valence-electron chi connectivity index (χ3n) is 4.57. The number of carbonyl (C=O) groups is 1. The summed E-state index contributed by atoms with van der Waals surface area (Å²) in [5, 5.41) is 10.3. The first-order valence-corrected chi connectivity index (χ1v) is 11.7. The molecule has 2 aromatic rings. The van der Waals surface area contributed by atoms with Crippen LogP contribution in [0.5, 0.6) is 0 Å². The van der Waals surface area contributed by atoms with Crippen molar-refractivity contribution in [2.75, 3.05) is 24.2 Å². The zero-order valence-electron chi connectivity index (χ0n) is 16.2. The van der Waals surface area contributed by atoms with Crippen molar-refractivity contribution in [1.82, 2.24) is 19.5 Å². The molecule has 1 aliphatic carbocycles. The summed E-state index contributed by atoms with van der Waals surface area (Å²) in [6.45, 7) is 6.14. The van der Waals surface area contributed by atoms with E-state index in [0.717, 1.165) is 18.7 Å². The van der Waals surface area contributed by atoms with E-state index in [4.69, 9.17) is 0 Å². The molecule has 1 aromatic carbocycles. The summed E-state index contributed by atoms with van der Waals surface area (Å²) < 4.78 is 27.0. The molecule has 0 saturated heterocycles. The summed E-state index contributed by atoms with van der Waals surface area (Å²) in [6, 6.07) is 4.93. The maximum absolute atomic E-state index is 12.8. The maximum atomic E-state index is 12.8. The minimum atomic E-state index is -3.59. The summed E-state index contributed by atoms with van der Waals surface area (Å²) in [5.41, 5.74) is 1.10. The Balaban J connectivity index is 1.65. The van der Waals surface area contributed by atoms with Gasteiger partial charge in [-0.1, -0.05) is 31.7 Å². The maximum Gasteiger partial charge on any atom is 0.243 e. The van der Waals surface area contributed by atoms with Crippen molar-refractivity contribution in [3.63, 3.8) is 0 Å². The van der Waals surface area contributed by atoms with Crippen molar-refractivity contribution in [3.8, 4) is 0 Å². The predicted molar refractivity (Wildman–Crippen MR) is 109 cm³/mol. The molecule has 28 heavy (non-hydrogen) atoms. The van der Waals surface area contributed by atoms with E-state index in [1.165, 1.54) is 22.1 Å². The number of aryl methyl sites for hydroxylation is 1. The second-order valence-corrected chi connectivity index (χ2v) is 9.53. The number of benzene rings is 1. The third kappa shape index (κ3) is 4.73. The number of H-pyrrole nitrogens is 1. The minimum absolute atomic E-state index is 0.147. The number of sulfonamides is 1. The van der Waals surface area contributed by atoms with E-state index in [1.807, 2.05) is 0 Å². The Kier molecular flexibility index (Phi) is 6.41. The highest BCUT2D eigenvalue weighted by Crippen LogP contribution is 2.38. The van der Waals surface area contributed by atoms with Gasteiger partial charge in [-0.3, -0.25) is 9.89 Å². The van der Waals surface area contributed by atoms with E-state index < -0.39 is 10.0 Å². The average molecular weight is 424 g/mol. The van der Waals surface area contributed by atoms with E-state index in [2.05, 4.69) is 20.5 Å². The molecule has 1 amide bonds. The van der Waals surface area contributed by atoms with Gasteiger partial charge in [0.2, 0.25) is 21.1 Å². The number of nitrogens with one attached hydrogen (secondary N) is 2. The van der Waals surface area contributed by atoms with Gasteiger partial charge in [-0.2, -0.15) is 4.31 Å². The summed E-state index contributed by atoms with van der Waals surface area (Å²) in [4.78, 5) is 16.9. The Hall–Kier alpha value is -1.91. The zero-order valence-corrected chi connectivity index (χ0v) is 17.9. The van der Waals surface area contributed by atoms with Gasteiger partial charge >= 0.3 is 0 Å². The van der Waals surface area contributed by atoms with Crippen LogP contribution in [0.1, 0.15) is 44.0 Å². The molecule has 1 aromatic heterocycles. The lowest BCUT2D eigenvalue weighted by Crippen LogP contribution is -2.31. The zero-order chi connectivity index (χ0) is 20.3. The molecule has 152 valence electrons. The Morgan fingerprint density at radius 3 is 2.68 bits per heavy atom. The Bertz CT molecular complexity index is 950. The SMILES string of the molecule is CCN(CC)S(=O)(=O)c1cc(NC(=O)CSc2n[nH]c(C3CC3)n2)ccc1C. The smallest absolute Gasteiger partial charge is 0.243 e. The van der Waals surface area contributed by atoms with Crippen LogP contribution in [-0.2, 0) is 14.8 Å². The second-order valence-electron chi connectivity index (χ2n) is 6.68. The molecule has 0 radical (unpaired) electrons. The lowest BCUT2D eigenvalue weighted by Gasteiger charge is -2.20. The highest BCUT2D eigenvalue weighted by atomic mass is 32.2. The number of anilines is 1. The fourth-order valence-corrected chi connectivity index (χ4v) is 5.16. The quantitative estimate of drug-likeness (QED) is 0.601. The number of rotatable bonds is 9. The summed E-state index contributed by atoms with van der Waals surface area (Å²) in [6.07, 6.45) is 2.26. The standard InChI is InChI=1S/C18H25N5O3S2/c1-4-23(5-2)28(25,26)15-10-14(9-6-12(15)3)19-16(24)11-27-18-20-17(21-22-18)13-7-8-13/h6,9-10,13H,4-5,7-8,11H2,1-3H3,(H,19,24)(H,20,21,22). The Labute approximate surface area is 169 Å². The van der Waals surface area contributed by atoms with Crippen molar-refractivity contribution >= 4 is 33.4 Å². The monoisotopic (exact) mass is 423 g/mol. The van der Waals surface area contributed by atoms with Crippen LogP contribution in [0.3, 0.4) is 0 Å². The number of thioether (sulfide) groups is 1. The molecule has 8 nitrogen and oxygen atoms in total. The number of amides is 1. The highest BCUT2D eigenvalue weighted by Gasteiger charge is 2.27. The molecule has 0 spiro atoms. The van der Waals surface area contributed by atoms with Gasteiger partial charge < -0.3 is 5.32 Å². The number of nitrogens with zero attached hydrogens (tertiary/aromatic N) is 3. The molecule has 3 rings (SSSR count). The number of hydrogen-bond acceptors (Lipinski definition) is 6. The van der Waals surface area contributed by atoms with Crippen LogP contribution in [0, 0.1) is 6.92 Å². The molecule has 1 saturated carbocycles. The van der Waals surface area contributed by atoms with Gasteiger partial charge in [0.25, 0.3) is 0 Å². The van der Waals surface area contributed by atoms with E-state index >= 15 is 0 Å². The molecule has 1 heterocycles. The van der Waals surface area contributed by atoms with Gasteiger partial charge in [-0.05, 0) is 37.5 Å². The normalized spacial score (nSPS) is 14.4. The van der Waals surface area contributed by atoms with Crippen LogP contribution in [-0.4, -0.2) is 52.7 Å². The minimum Gasteiger partial charge on any atom is -0.325 e. The van der Waals surface area contributed by atoms with Crippen LogP contribution in [0.15, 0.2) is 28.3 Å². The van der Waals surface area contributed by atoms with Crippen LogP contribution in [0.4, 0.5) is 5.69 Å². The van der Waals surface area contributed by atoms with E-state index in [-0.39, 0.29) is 16.6 Å². The molecular weight excluding hydrogens is 398 g/mol. The lowest BCUT2D eigenvalue weighted by atomic mass is 10.2. The molecule has 0 unspecified atom stereocenters. The van der Waals surface area contributed by atoms with Crippen molar-refractivity contribution in [1.29, 1.82) is 0 Å². The lowest BCUT2D eigenvalue weighted by molar-refractivity contribution is -0.113. The predicted octanol–water partition coefficient (Wildman–Crippen LogP) is 2.75. The van der Waals surface area contributed by atoms with E-state index in [0.29, 0.717) is 35.4 Å². The highest BCUT2D eigenvalue weighted by molar-refractivity contribution is 7.99. The Morgan fingerprint density at radius 2 is 2.04 bits per heavy atom. The molecule has 2 N–H and O–H groups in total. The van der Waals surface area contributed by atoms with Crippen molar-refractivity contribution in [3.05, 3.63) is 29.6 Å². The molecule has 1 fully saturated rings. The molecular formula is C18H25N5O3S2. The van der Waals surface area contributed by atoms with Crippen LogP contribution in [0.2, 0.25) is 0 Å². The number of aromatic amines is 1. The molecule has 0 aliphatic heterocycles. The summed E-state index contributed by atoms with van der Waals surface area (Å²) >= 11 is 1.25. The largest absolute Gasteiger partial charge is 0.325 e. The van der Waals surface area contributed by atoms with Crippen molar-refractivity contribution < 1.29 is 13.2 Å². The van der Waals surface area contributed by atoms with Crippen LogP contribution >= 0.6 is 11.8 Å². The van der Waals surface area contributed by atoms with Crippen LogP contribution < -0.4 is 5.32 Å². The number of aromatic nitrogens is 3. The first-order chi connectivity index (χ1) is 13.3. The van der Waals surface area contributed by atoms with Gasteiger partial charge in [-0.15, -0.1) is 5.10 Å². The number of hydrogen-bond donors (Lipinski definition) is 2. The van der Waals surface area contributed by atoms with Crippen molar-refractivity contribution in [2.24, 2.45) is 0 Å². The third-order valence-corrected chi connectivity index (χ3v) is 7.61. The fraction of sp³-hybridized carbons (Fsp3) is 0.500. The Morgan fingerprint density at radius 1 is 1.32 bits per heavy atom. The first-order valence-electron chi connectivity index (χ1n) is 9.30. The van der Waals surface area contributed by atoms with Gasteiger partial charge in [0.05, 0.1) is 10.6 Å². The van der Waals surface area contributed by atoms with Gasteiger partial charge in [-0.25, -0.2) is 13.4 Å². The van der Waals surface area contributed by atoms with Crippen molar-refractivity contribution in [2.45, 2.75) is 49.6 Å². The molecule has 0 bridgehead atoms. The summed E-state index contributed by atoms with van der Waals surface area (Å²) in [7, 11) is -3.59. The van der Waals surface area contributed by atoms with Crippen LogP contribution in [0.25, 0.3) is 0 Å². The topological polar surface area (TPSA) is 108 Å². The van der Waals surface area contributed by atoms with E-state index in [9.17, 15) is 13.2 Å². The second kappa shape index (κ2) is 8.62. The molecule has 0 atom stereocenters. The van der Waals surface area contributed by atoms with Gasteiger partial charge in [0.15, 0.2) is 0 Å². The van der Waals surface area contributed by atoms with Gasteiger partial charge in [0, 0.05) is 24.7 Å². The van der Waals surface area contributed by atoms with E-state index in [1.54, 1.807) is 32.9 Å². The number of carbonyl (C=O) groups excluding carboxylic acids is 1. The summed E-state index contributed by atoms with van der Waals surface area (Å²) in [5.74, 6) is 1.27. The molecule has 1 aliphatic rings.